The number of amides is 1. The Kier molecular flexibility index (Phi) is 5.99. The third-order valence-electron chi connectivity index (χ3n) is 4.17. The molecular weight excluding hydrogens is 418 g/mol. The standard InChI is InChI=1S/C19H20ClN3O5S/c1-27-16-9-14(17(28-2)8-12(16)20)22-19(24)10-23-15-7-5-4-6-13(15)21-18(23)11-29(3,25)26/h4-9H,10-11H2,1-3H3,(H,22,24). The van der Waals surface area contributed by atoms with Crippen LogP contribution in [0.5, 0.6) is 11.5 Å². The molecule has 2 aromatic carbocycles. The van der Waals surface area contributed by atoms with E-state index in [-0.39, 0.29) is 18.2 Å². The fraction of sp³-hybridized carbons (Fsp3) is 0.263. The molecule has 0 aliphatic rings. The van der Waals surface area contributed by atoms with Gasteiger partial charge in [0, 0.05) is 18.4 Å². The van der Waals surface area contributed by atoms with Crippen molar-refractivity contribution in [2.75, 3.05) is 25.8 Å². The minimum Gasteiger partial charge on any atom is -0.495 e. The molecule has 8 nitrogen and oxygen atoms in total. The monoisotopic (exact) mass is 437 g/mol. The molecule has 0 fully saturated rings. The van der Waals surface area contributed by atoms with Crippen LogP contribution in [0.2, 0.25) is 5.02 Å². The minimum atomic E-state index is -3.33. The Balaban J connectivity index is 1.93. The van der Waals surface area contributed by atoms with Crippen molar-refractivity contribution < 1.29 is 22.7 Å². The highest BCUT2D eigenvalue weighted by atomic mass is 35.5. The highest BCUT2D eigenvalue weighted by molar-refractivity contribution is 7.89. The summed E-state index contributed by atoms with van der Waals surface area (Å²) in [6, 6.07) is 10.3. The summed E-state index contributed by atoms with van der Waals surface area (Å²) < 4.78 is 35.6. The van der Waals surface area contributed by atoms with Gasteiger partial charge < -0.3 is 19.4 Å². The smallest absolute Gasteiger partial charge is 0.244 e. The van der Waals surface area contributed by atoms with Crippen molar-refractivity contribution in [3.63, 3.8) is 0 Å². The van der Waals surface area contributed by atoms with Crippen LogP contribution in [0.1, 0.15) is 5.82 Å². The number of para-hydroxylation sites is 2. The number of benzene rings is 2. The lowest BCUT2D eigenvalue weighted by molar-refractivity contribution is -0.116. The summed E-state index contributed by atoms with van der Waals surface area (Å²) in [5.41, 5.74) is 1.67. The molecule has 1 heterocycles. The molecule has 29 heavy (non-hydrogen) atoms. The number of methoxy groups -OCH3 is 2. The van der Waals surface area contributed by atoms with Crippen LogP contribution in [-0.2, 0) is 26.9 Å². The summed E-state index contributed by atoms with van der Waals surface area (Å²) >= 11 is 6.09. The van der Waals surface area contributed by atoms with Crippen molar-refractivity contribution >= 4 is 44.1 Å². The first kappa shape index (κ1) is 20.9. The first-order valence-electron chi connectivity index (χ1n) is 8.55. The molecule has 0 bridgehead atoms. The molecule has 0 aliphatic heterocycles. The van der Waals surface area contributed by atoms with Gasteiger partial charge in [-0.15, -0.1) is 0 Å². The van der Waals surface area contributed by atoms with Crippen LogP contribution in [0.15, 0.2) is 36.4 Å². The molecule has 0 aliphatic carbocycles. The van der Waals surface area contributed by atoms with Gasteiger partial charge in [-0.1, -0.05) is 23.7 Å². The Labute approximate surface area is 173 Å². The third-order valence-corrected chi connectivity index (χ3v) is 5.25. The van der Waals surface area contributed by atoms with E-state index in [0.29, 0.717) is 39.1 Å². The number of ether oxygens (including phenoxy) is 2. The SMILES string of the molecule is COc1cc(NC(=O)Cn2c(CS(C)(=O)=O)nc3ccccc32)c(OC)cc1Cl. The van der Waals surface area contributed by atoms with Crippen molar-refractivity contribution in [3.8, 4) is 11.5 Å². The van der Waals surface area contributed by atoms with Gasteiger partial charge in [0.25, 0.3) is 0 Å². The van der Waals surface area contributed by atoms with E-state index < -0.39 is 9.84 Å². The molecule has 1 aromatic heterocycles. The van der Waals surface area contributed by atoms with Gasteiger partial charge in [0.15, 0.2) is 9.84 Å². The fourth-order valence-corrected chi connectivity index (χ4v) is 3.86. The Morgan fingerprint density at radius 3 is 2.52 bits per heavy atom. The summed E-state index contributed by atoms with van der Waals surface area (Å²) in [5.74, 6) is 0.396. The van der Waals surface area contributed by atoms with E-state index in [9.17, 15) is 13.2 Å². The van der Waals surface area contributed by atoms with Crippen LogP contribution in [0.25, 0.3) is 11.0 Å². The highest BCUT2D eigenvalue weighted by Gasteiger charge is 2.18. The number of hydrogen-bond acceptors (Lipinski definition) is 6. The van der Waals surface area contributed by atoms with Crippen LogP contribution in [-0.4, -0.2) is 44.4 Å². The van der Waals surface area contributed by atoms with E-state index >= 15 is 0 Å². The van der Waals surface area contributed by atoms with Crippen LogP contribution in [0, 0.1) is 0 Å². The van der Waals surface area contributed by atoms with Gasteiger partial charge in [0.1, 0.15) is 29.6 Å². The molecule has 3 aromatic rings. The van der Waals surface area contributed by atoms with E-state index in [2.05, 4.69) is 10.3 Å². The quantitative estimate of drug-likeness (QED) is 0.610. The van der Waals surface area contributed by atoms with Gasteiger partial charge >= 0.3 is 0 Å². The predicted molar refractivity (Wildman–Crippen MR) is 111 cm³/mol. The van der Waals surface area contributed by atoms with E-state index in [0.717, 1.165) is 6.26 Å². The number of halogens is 1. The molecule has 0 atom stereocenters. The first-order valence-corrected chi connectivity index (χ1v) is 11.0. The maximum absolute atomic E-state index is 12.8. The van der Waals surface area contributed by atoms with Gasteiger partial charge in [-0.2, -0.15) is 0 Å². The number of aromatic nitrogens is 2. The van der Waals surface area contributed by atoms with Crippen molar-refractivity contribution in [3.05, 3.63) is 47.2 Å². The lowest BCUT2D eigenvalue weighted by Gasteiger charge is -2.14. The first-order chi connectivity index (χ1) is 13.7. The second kappa shape index (κ2) is 8.30. The number of nitrogens with one attached hydrogen (secondary N) is 1. The van der Waals surface area contributed by atoms with Crippen molar-refractivity contribution in [1.82, 2.24) is 9.55 Å². The van der Waals surface area contributed by atoms with E-state index in [1.54, 1.807) is 34.9 Å². The van der Waals surface area contributed by atoms with Crippen LogP contribution >= 0.6 is 11.6 Å². The van der Waals surface area contributed by atoms with E-state index in [1.807, 2.05) is 0 Å². The molecule has 0 unspecified atom stereocenters. The van der Waals surface area contributed by atoms with Gasteiger partial charge in [-0.3, -0.25) is 4.79 Å². The predicted octanol–water partition coefficient (Wildman–Crippen LogP) is 2.89. The van der Waals surface area contributed by atoms with Crippen molar-refractivity contribution in [1.29, 1.82) is 0 Å². The summed E-state index contributed by atoms with van der Waals surface area (Å²) in [5, 5.41) is 3.10. The third kappa shape index (κ3) is 4.80. The van der Waals surface area contributed by atoms with Gasteiger partial charge in [-0.05, 0) is 12.1 Å². The average molecular weight is 438 g/mol. The molecule has 0 saturated carbocycles. The second-order valence-electron chi connectivity index (χ2n) is 6.41. The van der Waals surface area contributed by atoms with E-state index in [1.165, 1.54) is 20.3 Å². The Morgan fingerprint density at radius 2 is 1.86 bits per heavy atom. The zero-order chi connectivity index (χ0) is 21.2. The number of sulfone groups is 1. The molecular formula is C19H20ClN3O5S. The van der Waals surface area contributed by atoms with Crippen molar-refractivity contribution in [2.45, 2.75) is 12.3 Å². The summed E-state index contributed by atoms with van der Waals surface area (Å²) in [4.78, 5) is 17.1. The number of imidazole rings is 1. The molecule has 10 heteroatoms. The van der Waals surface area contributed by atoms with Gasteiger partial charge in [0.2, 0.25) is 5.91 Å². The number of hydrogen-bond donors (Lipinski definition) is 1. The van der Waals surface area contributed by atoms with E-state index in [4.69, 9.17) is 21.1 Å². The Bertz CT molecular complexity index is 1170. The fourth-order valence-electron chi connectivity index (χ4n) is 2.94. The molecule has 1 N–H and O–H groups in total. The maximum Gasteiger partial charge on any atom is 0.244 e. The number of carbonyl (C=O) groups excluding carboxylic acids is 1. The number of rotatable bonds is 7. The summed E-state index contributed by atoms with van der Waals surface area (Å²) in [6.45, 7) is -0.126. The molecule has 3 rings (SSSR count). The summed E-state index contributed by atoms with van der Waals surface area (Å²) in [7, 11) is -0.406. The molecule has 0 saturated heterocycles. The lowest BCUT2D eigenvalue weighted by atomic mass is 10.2. The van der Waals surface area contributed by atoms with Gasteiger partial charge in [-0.25, -0.2) is 13.4 Å². The average Bonchev–Trinajstić information content (AvgIpc) is 2.98. The van der Waals surface area contributed by atoms with Crippen molar-refractivity contribution in [2.24, 2.45) is 0 Å². The number of anilines is 1. The Hall–Kier alpha value is -2.78. The zero-order valence-corrected chi connectivity index (χ0v) is 17.7. The maximum atomic E-state index is 12.8. The number of nitrogens with zero attached hydrogens (tertiary/aromatic N) is 2. The second-order valence-corrected chi connectivity index (χ2v) is 8.96. The number of fused-ring (bicyclic) bond motifs is 1. The number of carbonyl (C=O) groups is 1. The minimum absolute atomic E-state index is 0.126. The normalized spacial score (nSPS) is 11.4. The van der Waals surface area contributed by atoms with Crippen LogP contribution in [0.4, 0.5) is 5.69 Å². The molecule has 1 amide bonds. The van der Waals surface area contributed by atoms with Crippen LogP contribution < -0.4 is 14.8 Å². The molecule has 154 valence electrons. The Morgan fingerprint density at radius 1 is 1.17 bits per heavy atom. The largest absolute Gasteiger partial charge is 0.495 e. The van der Waals surface area contributed by atoms with Gasteiger partial charge in [0.05, 0.1) is 36.0 Å². The zero-order valence-electron chi connectivity index (χ0n) is 16.1. The lowest BCUT2D eigenvalue weighted by Crippen LogP contribution is -2.21. The van der Waals surface area contributed by atoms with Crippen LogP contribution in [0.3, 0.4) is 0 Å². The molecule has 0 spiro atoms. The highest BCUT2D eigenvalue weighted by Crippen LogP contribution is 2.35. The topological polar surface area (TPSA) is 99.5 Å². The summed E-state index contributed by atoms with van der Waals surface area (Å²) in [6.07, 6.45) is 1.13. The molecule has 0 radical (unpaired) electrons.